The van der Waals surface area contributed by atoms with Gasteiger partial charge >= 0.3 is 6.01 Å². The standard InChI is InChI=1S/C11H12N4O3/c1-6-5-7(3-4-8(6)16)9(17)12-10-13-11(18-2)15-14-10/h3-5,16H,1-2H3,(H2,12,13,14,15,17). The minimum absolute atomic E-state index is 0.146. The van der Waals surface area contributed by atoms with Crippen LogP contribution < -0.4 is 10.1 Å². The molecule has 2 aromatic rings. The van der Waals surface area contributed by atoms with Crippen LogP contribution in [0.15, 0.2) is 18.2 Å². The maximum Gasteiger partial charge on any atom is 0.336 e. The van der Waals surface area contributed by atoms with E-state index in [-0.39, 0.29) is 23.6 Å². The number of H-pyrrole nitrogens is 1. The second-order valence-corrected chi connectivity index (χ2v) is 3.63. The van der Waals surface area contributed by atoms with Crippen LogP contribution in [0.5, 0.6) is 11.8 Å². The Bertz CT molecular complexity index is 579. The van der Waals surface area contributed by atoms with E-state index in [4.69, 9.17) is 4.74 Å². The first-order valence-corrected chi connectivity index (χ1v) is 5.17. The molecule has 3 N–H and O–H groups in total. The third-order valence-electron chi connectivity index (χ3n) is 2.34. The summed E-state index contributed by atoms with van der Waals surface area (Å²) in [5, 5.41) is 18.1. The quantitative estimate of drug-likeness (QED) is 0.754. The number of anilines is 1. The molecule has 7 nitrogen and oxygen atoms in total. The molecule has 0 atom stereocenters. The number of benzene rings is 1. The Morgan fingerprint density at radius 1 is 1.50 bits per heavy atom. The maximum absolute atomic E-state index is 11.9. The summed E-state index contributed by atoms with van der Waals surface area (Å²) in [4.78, 5) is 15.7. The fourth-order valence-electron chi connectivity index (χ4n) is 1.37. The lowest BCUT2D eigenvalue weighted by Gasteiger charge is -2.03. The number of phenolic OH excluding ortho intramolecular Hbond substituents is 1. The molecule has 1 aromatic carbocycles. The molecule has 1 aromatic heterocycles. The van der Waals surface area contributed by atoms with Gasteiger partial charge in [0.15, 0.2) is 0 Å². The summed E-state index contributed by atoms with van der Waals surface area (Å²) in [7, 11) is 1.43. The second kappa shape index (κ2) is 4.74. The van der Waals surface area contributed by atoms with Crippen molar-refractivity contribution in [2.24, 2.45) is 0 Å². The number of aryl methyl sites for hydroxylation is 1. The van der Waals surface area contributed by atoms with Gasteiger partial charge in [-0.15, -0.1) is 5.10 Å². The first-order chi connectivity index (χ1) is 8.60. The molecule has 0 unspecified atom stereocenters. The highest BCUT2D eigenvalue weighted by molar-refractivity contribution is 6.03. The minimum atomic E-state index is -0.350. The Morgan fingerprint density at radius 3 is 2.89 bits per heavy atom. The van der Waals surface area contributed by atoms with Gasteiger partial charge in [-0.05, 0) is 30.7 Å². The van der Waals surface area contributed by atoms with Gasteiger partial charge in [-0.2, -0.15) is 4.98 Å². The Morgan fingerprint density at radius 2 is 2.28 bits per heavy atom. The smallest absolute Gasteiger partial charge is 0.336 e. The molecule has 0 radical (unpaired) electrons. The summed E-state index contributed by atoms with van der Waals surface area (Å²) in [5.74, 6) is -0.00707. The molecule has 7 heteroatoms. The normalized spacial score (nSPS) is 10.1. The molecule has 2 rings (SSSR count). The van der Waals surface area contributed by atoms with E-state index in [1.807, 2.05) is 0 Å². The van der Waals surface area contributed by atoms with Crippen LogP contribution in [0.3, 0.4) is 0 Å². The molecule has 0 fully saturated rings. The van der Waals surface area contributed by atoms with Crippen molar-refractivity contribution in [2.75, 3.05) is 12.4 Å². The summed E-state index contributed by atoms with van der Waals surface area (Å²) in [6.45, 7) is 1.71. The van der Waals surface area contributed by atoms with E-state index in [1.54, 1.807) is 13.0 Å². The van der Waals surface area contributed by atoms with Gasteiger partial charge in [0.25, 0.3) is 5.91 Å². The van der Waals surface area contributed by atoms with E-state index >= 15 is 0 Å². The Balaban J connectivity index is 2.14. The van der Waals surface area contributed by atoms with Crippen molar-refractivity contribution >= 4 is 11.9 Å². The van der Waals surface area contributed by atoms with Crippen molar-refractivity contribution in [1.29, 1.82) is 0 Å². The minimum Gasteiger partial charge on any atom is -0.508 e. The van der Waals surface area contributed by atoms with Crippen LogP contribution in [0.4, 0.5) is 5.95 Å². The van der Waals surface area contributed by atoms with Crippen molar-refractivity contribution in [3.63, 3.8) is 0 Å². The molecule has 94 valence electrons. The fourth-order valence-corrected chi connectivity index (χ4v) is 1.37. The highest BCUT2D eigenvalue weighted by atomic mass is 16.5. The monoisotopic (exact) mass is 248 g/mol. The van der Waals surface area contributed by atoms with Crippen molar-refractivity contribution in [3.05, 3.63) is 29.3 Å². The van der Waals surface area contributed by atoms with E-state index in [9.17, 15) is 9.90 Å². The summed E-state index contributed by atoms with van der Waals surface area (Å²) in [6.07, 6.45) is 0. The van der Waals surface area contributed by atoms with Crippen LogP contribution in [-0.4, -0.2) is 33.3 Å². The lowest BCUT2D eigenvalue weighted by atomic mass is 10.1. The lowest BCUT2D eigenvalue weighted by Crippen LogP contribution is -2.13. The molecule has 0 aliphatic carbocycles. The van der Waals surface area contributed by atoms with Gasteiger partial charge in [0.1, 0.15) is 5.75 Å². The number of nitrogens with one attached hydrogen (secondary N) is 2. The number of ether oxygens (including phenoxy) is 1. The van der Waals surface area contributed by atoms with Crippen LogP contribution in [0.2, 0.25) is 0 Å². The van der Waals surface area contributed by atoms with Crippen LogP contribution in [0.25, 0.3) is 0 Å². The SMILES string of the molecule is COc1n[nH]c(NC(=O)c2ccc(O)c(C)c2)n1. The third-order valence-corrected chi connectivity index (χ3v) is 2.34. The molecule has 0 bridgehead atoms. The van der Waals surface area contributed by atoms with E-state index in [0.717, 1.165) is 0 Å². The number of aromatic nitrogens is 3. The topological polar surface area (TPSA) is 100 Å². The number of aromatic hydroxyl groups is 1. The number of carbonyl (C=O) groups is 1. The fraction of sp³-hybridized carbons (Fsp3) is 0.182. The molecule has 1 amide bonds. The number of amides is 1. The summed E-state index contributed by atoms with van der Waals surface area (Å²) >= 11 is 0. The van der Waals surface area contributed by atoms with Gasteiger partial charge in [-0.1, -0.05) is 0 Å². The lowest BCUT2D eigenvalue weighted by molar-refractivity contribution is 0.102. The molecule has 0 aliphatic rings. The van der Waals surface area contributed by atoms with E-state index in [1.165, 1.54) is 19.2 Å². The zero-order valence-electron chi connectivity index (χ0n) is 9.89. The van der Waals surface area contributed by atoms with Gasteiger partial charge in [-0.3, -0.25) is 10.1 Å². The summed E-state index contributed by atoms with van der Waals surface area (Å²) in [5.41, 5.74) is 1.04. The first kappa shape index (κ1) is 11.9. The number of phenols is 1. The average molecular weight is 248 g/mol. The summed E-state index contributed by atoms with van der Waals surface area (Å²) < 4.78 is 4.78. The Labute approximate surface area is 103 Å². The van der Waals surface area contributed by atoms with Crippen molar-refractivity contribution < 1.29 is 14.6 Å². The van der Waals surface area contributed by atoms with E-state index < -0.39 is 0 Å². The van der Waals surface area contributed by atoms with Crippen molar-refractivity contribution in [1.82, 2.24) is 15.2 Å². The van der Waals surface area contributed by atoms with E-state index in [2.05, 4.69) is 20.5 Å². The maximum atomic E-state index is 11.9. The molecule has 0 aliphatic heterocycles. The molecular weight excluding hydrogens is 236 g/mol. The average Bonchev–Trinajstić information content (AvgIpc) is 2.80. The molecule has 0 saturated carbocycles. The molecule has 0 saturated heterocycles. The zero-order valence-corrected chi connectivity index (χ0v) is 9.89. The van der Waals surface area contributed by atoms with Gasteiger partial charge in [0, 0.05) is 5.56 Å². The summed E-state index contributed by atoms with van der Waals surface area (Å²) in [6, 6.07) is 4.71. The van der Waals surface area contributed by atoms with Crippen molar-refractivity contribution in [3.8, 4) is 11.8 Å². The van der Waals surface area contributed by atoms with Crippen molar-refractivity contribution in [2.45, 2.75) is 6.92 Å². The van der Waals surface area contributed by atoms with Gasteiger partial charge < -0.3 is 9.84 Å². The Kier molecular flexibility index (Phi) is 3.13. The number of hydrogen-bond donors (Lipinski definition) is 3. The number of rotatable bonds is 3. The molecule has 18 heavy (non-hydrogen) atoms. The molecule has 0 spiro atoms. The largest absolute Gasteiger partial charge is 0.508 e. The predicted molar refractivity (Wildman–Crippen MR) is 63.7 cm³/mol. The number of carbonyl (C=O) groups excluding carboxylic acids is 1. The number of nitrogens with zero attached hydrogens (tertiary/aromatic N) is 2. The predicted octanol–water partition coefficient (Wildman–Crippen LogP) is 1.08. The third kappa shape index (κ3) is 2.40. The second-order valence-electron chi connectivity index (χ2n) is 3.63. The molecular formula is C11H12N4O3. The number of hydrogen-bond acceptors (Lipinski definition) is 5. The van der Waals surface area contributed by atoms with Crippen LogP contribution in [0, 0.1) is 6.92 Å². The zero-order chi connectivity index (χ0) is 13.1. The Hall–Kier alpha value is -2.57. The molecule has 1 heterocycles. The van der Waals surface area contributed by atoms with Crippen LogP contribution >= 0.6 is 0 Å². The number of methoxy groups -OCH3 is 1. The van der Waals surface area contributed by atoms with Crippen LogP contribution in [0.1, 0.15) is 15.9 Å². The van der Waals surface area contributed by atoms with Gasteiger partial charge in [0.2, 0.25) is 5.95 Å². The first-order valence-electron chi connectivity index (χ1n) is 5.17. The number of aromatic amines is 1. The highest BCUT2D eigenvalue weighted by Gasteiger charge is 2.10. The van der Waals surface area contributed by atoms with Gasteiger partial charge in [0.05, 0.1) is 7.11 Å². The van der Waals surface area contributed by atoms with E-state index in [0.29, 0.717) is 11.1 Å². The van der Waals surface area contributed by atoms with Crippen LogP contribution in [-0.2, 0) is 0 Å². The van der Waals surface area contributed by atoms with Gasteiger partial charge in [-0.25, -0.2) is 5.10 Å². The highest BCUT2D eigenvalue weighted by Crippen LogP contribution is 2.17.